The van der Waals surface area contributed by atoms with Crippen LogP contribution in [0.25, 0.3) is 0 Å². The van der Waals surface area contributed by atoms with E-state index in [9.17, 15) is 9.90 Å². The Morgan fingerprint density at radius 1 is 1.65 bits per heavy atom. The Bertz CT molecular complexity index is 434. The van der Waals surface area contributed by atoms with Gasteiger partial charge in [0.05, 0.1) is 12.7 Å². The second-order valence-electron chi connectivity index (χ2n) is 4.28. The van der Waals surface area contributed by atoms with Gasteiger partial charge in [-0.2, -0.15) is 0 Å². The lowest BCUT2D eigenvalue weighted by Crippen LogP contribution is -2.29. The van der Waals surface area contributed by atoms with E-state index in [4.69, 9.17) is 5.11 Å². The lowest BCUT2D eigenvalue weighted by atomic mass is 10.1. The van der Waals surface area contributed by atoms with Crippen LogP contribution in [-0.4, -0.2) is 46.8 Å². The largest absolute Gasteiger partial charge is 0.396 e. The van der Waals surface area contributed by atoms with Crippen molar-refractivity contribution < 1.29 is 15.0 Å². The smallest absolute Gasteiger partial charge is 0.265 e. The van der Waals surface area contributed by atoms with Gasteiger partial charge in [-0.15, -0.1) is 11.3 Å². The van der Waals surface area contributed by atoms with Crippen LogP contribution in [-0.2, 0) is 0 Å². The number of halogens is 1. The van der Waals surface area contributed by atoms with Gasteiger partial charge in [0, 0.05) is 23.5 Å². The molecule has 2 heterocycles. The minimum absolute atomic E-state index is 0.0787. The fourth-order valence-corrected chi connectivity index (χ4v) is 3.54. The molecule has 0 radical (unpaired) electrons. The molecular weight excluding hydrogens is 306 g/mol. The lowest BCUT2D eigenvalue weighted by Gasteiger charge is -2.14. The molecule has 0 aliphatic carbocycles. The summed E-state index contributed by atoms with van der Waals surface area (Å²) in [6, 6.07) is 0. The molecular formula is C11H14BrNO3S. The Morgan fingerprint density at radius 3 is 2.82 bits per heavy atom. The third-order valence-electron chi connectivity index (χ3n) is 3.02. The van der Waals surface area contributed by atoms with Crippen LogP contribution in [0.1, 0.15) is 15.2 Å². The van der Waals surface area contributed by atoms with E-state index in [1.54, 1.807) is 4.90 Å². The summed E-state index contributed by atoms with van der Waals surface area (Å²) in [5, 5.41) is 20.7. The van der Waals surface area contributed by atoms with E-state index < -0.39 is 6.10 Å². The minimum atomic E-state index is -0.621. The number of rotatable bonds is 2. The molecule has 17 heavy (non-hydrogen) atoms. The molecule has 1 fully saturated rings. The number of thiophene rings is 1. The van der Waals surface area contributed by atoms with Crippen molar-refractivity contribution in [3.63, 3.8) is 0 Å². The Balaban J connectivity index is 2.14. The van der Waals surface area contributed by atoms with Gasteiger partial charge in [-0.25, -0.2) is 0 Å². The normalized spacial score (nSPS) is 24.4. The summed E-state index contributed by atoms with van der Waals surface area (Å²) in [5.41, 5.74) is 1.04. The van der Waals surface area contributed by atoms with Crippen LogP contribution in [0.4, 0.5) is 0 Å². The molecule has 1 amide bonds. The number of likely N-dealkylation sites (tertiary alicyclic amines) is 1. The number of β-amino-alcohol motifs (C(OH)–C–C–N with tert-alkyl or cyclic N) is 1. The molecule has 0 aromatic carbocycles. The lowest BCUT2D eigenvalue weighted by molar-refractivity contribution is 0.0767. The zero-order chi connectivity index (χ0) is 12.6. The topological polar surface area (TPSA) is 60.8 Å². The van der Waals surface area contributed by atoms with E-state index in [0.29, 0.717) is 18.0 Å². The number of hydrogen-bond acceptors (Lipinski definition) is 4. The summed E-state index contributed by atoms with van der Waals surface area (Å²) in [4.78, 5) is 14.5. The van der Waals surface area contributed by atoms with Crippen LogP contribution in [0.3, 0.4) is 0 Å². The summed E-state index contributed by atoms with van der Waals surface area (Å²) in [6.45, 7) is 2.57. The van der Waals surface area contributed by atoms with Gasteiger partial charge in [0.25, 0.3) is 5.91 Å². The summed E-state index contributed by atoms with van der Waals surface area (Å²) in [6.07, 6.45) is -0.621. The number of aliphatic hydroxyl groups is 2. The highest BCUT2D eigenvalue weighted by Crippen LogP contribution is 2.30. The van der Waals surface area contributed by atoms with Crippen molar-refractivity contribution in [3.05, 3.63) is 20.3 Å². The van der Waals surface area contributed by atoms with Crippen LogP contribution in [0, 0.1) is 12.8 Å². The van der Waals surface area contributed by atoms with Gasteiger partial charge in [-0.05, 0) is 33.8 Å². The zero-order valence-corrected chi connectivity index (χ0v) is 11.8. The predicted molar refractivity (Wildman–Crippen MR) is 69.2 cm³/mol. The van der Waals surface area contributed by atoms with Crippen LogP contribution < -0.4 is 0 Å². The average molecular weight is 320 g/mol. The van der Waals surface area contributed by atoms with Gasteiger partial charge in [-0.1, -0.05) is 0 Å². The Labute approximate surface area is 112 Å². The summed E-state index contributed by atoms with van der Waals surface area (Å²) < 4.78 is 0.828. The van der Waals surface area contributed by atoms with Gasteiger partial charge in [0.15, 0.2) is 0 Å². The van der Waals surface area contributed by atoms with E-state index in [2.05, 4.69) is 15.9 Å². The predicted octanol–water partition coefficient (Wildman–Crippen LogP) is 1.24. The number of aryl methyl sites for hydroxylation is 1. The molecule has 2 N–H and O–H groups in total. The first-order valence-corrected chi connectivity index (χ1v) is 7.03. The van der Waals surface area contributed by atoms with Gasteiger partial charge < -0.3 is 15.1 Å². The minimum Gasteiger partial charge on any atom is -0.396 e. The number of hydrogen-bond donors (Lipinski definition) is 2. The monoisotopic (exact) mass is 319 g/mol. The molecule has 1 aliphatic rings. The van der Waals surface area contributed by atoms with Gasteiger partial charge in [0.1, 0.15) is 4.88 Å². The molecule has 94 valence electrons. The average Bonchev–Trinajstić information content (AvgIpc) is 2.83. The van der Waals surface area contributed by atoms with E-state index in [0.717, 1.165) is 10.0 Å². The van der Waals surface area contributed by atoms with Crippen LogP contribution in [0.15, 0.2) is 9.85 Å². The summed E-state index contributed by atoms with van der Waals surface area (Å²) in [7, 11) is 0. The van der Waals surface area contributed by atoms with Crippen LogP contribution in [0.2, 0.25) is 0 Å². The zero-order valence-electron chi connectivity index (χ0n) is 9.39. The standard InChI is InChI=1S/C11H14BrNO3S/c1-6-5-17-10(9(6)12)11(16)13-2-7(4-14)8(15)3-13/h5,7-8,14-15H,2-4H2,1H3. The summed E-state index contributed by atoms with van der Waals surface area (Å²) >= 11 is 4.80. The third-order valence-corrected chi connectivity index (χ3v) is 5.39. The molecule has 2 atom stereocenters. The molecule has 2 rings (SSSR count). The molecule has 1 aromatic rings. The first kappa shape index (κ1) is 13.0. The van der Waals surface area contributed by atoms with Crippen molar-refractivity contribution in [1.29, 1.82) is 0 Å². The molecule has 0 spiro atoms. The van der Waals surface area contributed by atoms with Gasteiger partial charge in [-0.3, -0.25) is 4.79 Å². The van der Waals surface area contributed by atoms with Crippen molar-refractivity contribution in [2.45, 2.75) is 13.0 Å². The van der Waals surface area contributed by atoms with Crippen molar-refractivity contribution in [2.24, 2.45) is 5.92 Å². The fraction of sp³-hybridized carbons (Fsp3) is 0.545. The number of nitrogens with zero attached hydrogens (tertiary/aromatic N) is 1. The number of aliphatic hydroxyl groups excluding tert-OH is 2. The molecule has 1 aromatic heterocycles. The second-order valence-corrected chi connectivity index (χ2v) is 5.95. The molecule has 0 bridgehead atoms. The first-order valence-electron chi connectivity index (χ1n) is 5.36. The van der Waals surface area contributed by atoms with Crippen LogP contribution in [0.5, 0.6) is 0 Å². The third kappa shape index (κ3) is 2.40. The van der Waals surface area contributed by atoms with E-state index in [1.807, 2.05) is 12.3 Å². The van der Waals surface area contributed by atoms with Crippen LogP contribution >= 0.6 is 27.3 Å². The maximum Gasteiger partial charge on any atom is 0.265 e. The number of amides is 1. The summed E-state index contributed by atoms with van der Waals surface area (Å²) in [5.74, 6) is -0.302. The van der Waals surface area contributed by atoms with E-state index in [1.165, 1.54) is 11.3 Å². The van der Waals surface area contributed by atoms with Crippen molar-refractivity contribution in [3.8, 4) is 0 Å². The molecule has 0 saturated carbocycles. The highest BCUT2D eigenvalue weighted by atomic mass is 79.9. The second kappa shape index (κ2) is 5.06. The molecule has 1 saturated heterocycles. The van der Waals surface area contributed by atoms with Crippen molar-refractivity contribution in [2.75, 3.05) is 19.7 Å². The van der Waals surface area contributed by atoms with E-state index >= 15 is 0 Å². The fourth-order valence-electron chi connectivity index (χ4n) is 1.92. The molecule has 4 nitrogen and oxygen atoms in total. The van der Waals surface area contributed by atoms with Crippen molar-refractivity contribution >= 4 is 33.2 Å². The Morgan fingerprint density at radius 2 is 2.35 bits per heavy atom. The highest BCUT2D eigenvalue weighted by molar-refractivity contribution is 9.10. The van der Waals surface area contributed by atoms with E-state index in [-0.39, 0.29) is 18.4 Å². The van der Waals surface area contributed by atoms with Crippen molar-refractivity contribution in [1.82, 2.24) is 4.90 Å². The quantitative estimate of drug-likeness (QED) is 0.862. The Hall–Kier alpha value is -0.430. The van der Waals surface area contributed by atoms with Gasteiger partial charge in [0.2, 0.25) is 0 Å². The maximum absolute atomic E-state index is 12.2. The first-order chi connectivity index (χ1) is 8.04. The molecule has 1 aliphatic heterocycles. The van der Waals surface area contributed by atoms with Gasteiger partial charge >= 0.3 is 0 Å². The SMILES string of the molecule is Cc1csc(C(=O)N2CC(O)C(CO)C2)c1Br. The Kier molecular flexibility index (Phi) is 3.87. The molecule has 2 unspecified atom stereocenters. The molecule has 6 heteroatoms. The highest BCUT2D eigenvalue weighted by Gasteiger charge is 2.34. The maximum atomic E-state index is 12.2. The number of carbonyl (C=O) groups is 1. The number of carbonyl (C=O) groups excluding carboxylic acids is 1.